The highest BCUT2D eigenvalue weighted by Gasteiger charge is 2.13. The number of fused-ring (bicyclic) bond motifs is 1. The van der Waals surface area contributed by atoms with Crippen molar-refractivity contribution in [1.29, 1.82) is 0 Å². The third-order valence-electron chi connectivity index (χ3n) is 3.93. The Kier molecular flexibility index (Phi) is 5.20. The van der Waals surface area contributed by atoms with Crippen LogP contribution in [0.2, 0.25) is 0 Å². The van der Waals surface area contributed by atoms with E-state index in [0.717, 1.165) is 34.6 Å². The Morgan fingerprint density at radius 3 is 2.35 bits per heavy atom. The third kappa shape index (κ3) is 4.00. The predicted molar refractivity (Wildman–Crippen MR) is 104 cm³/mol. The van der Waals surface area contributed by atoms with Gasteiger partial charge in [-0.05, 0) is 62.7 Å². The van der Waals surface area contributed by atoms with E-state index < -0.39 is 10.0 Å². The van der Waals surface area contributed by atoms with Crippen molar-refractivity contribution in [3.8, 4) is 0 Å². The molecule has 0 aliphatic carbocycles. The summed E-state index contributed by atoms with van der Waals surface area (Å²) in [4.78, 5) is 9.20. The molecule has 0 saturated carbocycles. The van der Waals surface area contributed by atoms with E-state index in [1.54, 1.807) is 24.3 Å². The highest BCUT2D eigenvalue weighted by molar-refractivity contribution is 7.89. The topological polar surface area (TPSA) is 84.0 Å². The minimum absolute atomic E-state index is 0.254. The average Bonchev–Trinajstić information content (AvgIpc) is 2.60. The molecule has 1 aromatic carbocycles. The molecular formula is C19H22N4O2S. The van der Waals surface area contributed by atoms with Crippen molar-refractivity contribution in [1.82, 2.24) is 14.7 Å². The highest BCUT2D eigenvalue weighted by Crippen LogP contribution is 2.26. The molecule has 2 N–H and O–H groups in total. The van der Waals surface area contributed by atoms with E-state index in [1.165, 1.54) is 0 Å². The van der Waals surface area contributed by atoms with Gasteiger partial charge in [-0.15, -0.1) is 0 Å². The van der Waals surface area contributed by atoms with Crippen molar-refractivity contribution in [2.45, 2.75) is 32.1 Å². The number of anilines is 2. The van der Waals surface area contributed by atoms with Crippen molar-refractivity contribution in [3.05, 3.63) is 53.9 Å². The number of hydrogen-bond acceptors (Lipinski definition) is 5. The Morgan fingerprint density at radius 1 is 0.962 bits per heavy atom. The lowest BCUT2D eigenvalue weighted by Crippen LogP contribution is -2.24. The Morgan fingerprint density at radius 2 is 1.65 bits per heavy atom. The molecule has 2 aromatic heterocycles. The van der Waals surface area contributed by atoms with Gasteiger partial charge in [-0.3, -0.25) is 0 Å². The van der Waals surface area contributed by atoms with Crippen molar-refractivity contribution in [2.75, 3.05) is 11.9 Å². The first-order chi connectivity index (χ1) is 12.4. The van der Waals surface area contributed by atoms with Gasteiger partial charge < -0.3 is 5.32 Å². The monoisotopic (exact) mass is 370 g/mol. The Balaban J connectivity index is 1.89. The van der Waals surface area contributed by atoms with E-state index in [9.17, 15) is 8.42 Å². The lowest BCUT2D eigenvalue weighted by Gasteiger charge is -2.12. The van der Waals surface area contributed by atoms with Crippen LogP contribution >= 0.6 is 0 Å². The Hall–Kier alpha value is -2.51. The van der Waals surface area contributed by atoms with E-state index in [0.29, 0.717) is 12.2 Å². The van der Waals surface area contributed by atoms with E-state index in [4.69, 9.17) is 0 Å². The van der Waals surface area contributed by atoms with Gasteiger partial charge in [-0.25, -0.2) is 23.1 Å². The van der Waals surface area contributed by atoms with Gasteiger partial charge in [0.15, 0.2) is 5.65 Å². The van der Waals surface area contributed by atoms with E-state index >= 15 is 0 Å². The van der Waals surface area contributed by atoms with Crippen molar-refractivity contribution < 1.29 is 8.42 Å². The average molecular weight is 370 g/mol. The van der Waals surface area contributed by atoms with Gasteiger partial charge in [0.1, 0.15) is 0 Å². The van der Waals surface area contributed by atoms with Gasteiger partial charge in [0.05, 0.1) is 10.6 Å². The Bertz CT molecular complexity index is 1030. The molecule has 26 heavy (non-hydrogen) atoms. The number of sulfonamides is 1. The second kappa shape index (κ2) is 7.39. The number of pyridine rings is 2. The molecule has 0 spiro atoms. The number of rotatable bonds is 6. The van der Waals surface area contributed by atoms with Crippen molar-refractivity contribution in [3.63, 3.8) is 0 Å². The first-order valence-corrected chi connectivity index (χ1v) is 9.99. The van der Waals surface area contributed by atoms with E-state index in [2.05, 4.69) is 20.0 Å². The number of benzene rings is 1. The fraction of sp³-hybridized carbons (Fsp3) is 0.263. The molecule has 0 bridgehead atoms. The van der Waals surface area contributed by atoms with Crippen LogP contribution in [0, 0.1) is 13.8 Å². The zero-order valence-electron chi connectivity index (χ0n) is 15.1. The normalized spacial score (nSPS) is 11.7. The summed E-state index contributed by atoms with van der Waals surface area (Å²) < 4.78 is 26.9. The van der Waals surface area contributed by atoms with Gasteiger partial charge in [0, 0.05) is 29.0 Å². The molecule has 0 amide bonds. The van der Waals surface area contributed by atoms with Crippen LogP contribution in [-0.2, 0) is 10.0 Å². The quantitative estimate of drug-likeness (QED) is 0.691. The zero-order valence-corrected chi connectivity index (χ0v) is 15.9. The Labute approximate surface area is 153 Å². The second-order valence-corrected chi connectivity index (χ2v) is 7.95. The van der Waals surface area contributed by atoms with Crippen LogP contribution in [0.5, 0.6) is 0 Å². The molecule has 0 fully saturated rings. The SMILES string of the molecule is CCCNS(=O)(=O)c1ccc(Nc2cc(C)nc3nc(C)ccc23)cc1. The first kappa shape index (κ1) is 18.3. The van der Waals surface area contributed by atoms with Crippen LogP contribution in [-0.4, -0.2) is 24.9 Å². The molecule has 0 atom stereocenters. The zero-order chi connectivity index (χ0) is 18.7. The molecule has 2 heterocycles. The summed E-state index contributed by atoms with van der Waals surface area (Å²) in [6.45, 7) is 6.20. The summed E-state index contributed by atoms with van der Waals surface area (Å²) >= 11 is 0. The maximum absolute atomic E-state index is 12.2. The number of nitrogens with zero attached hydrogens (tertiary/aromatic N) is 2. The smallest absolute Gasteiger partial charge is 0.240 e. The first-order valence-electron chi connectivity index (χ1n) is 8.51. The van der Waals surface area contributed by atoms with Crippen LogP contribution in [0.1, 0.15) is 24.7 Å². The lowest BCUT2D eigenvalue weighted by molar-refractivity contribution is 0.581. The van der Waals surface area contributed by atoms with Gasteiger partial charge >= 0.3 is 0 Å². The largest absolute Gasteiger partial charge is 0.355 e. The number of nitrogens with one attached hydrogen (secondary N) is 2. The summed E-state index contributed by atoms with van der Waals surface area (Å²) in [6, 6.07) is 12.6. The standard InChI is InChI=1S/C19H22N4O2S/c1-4-11-20-26(24,25)16-8-6-15(7-9-16)23-18-12-14(3)22-19-17(18)10-5-13(2)21-19/h5-10,12,20H,4,11H2,1-3H3,(H,21,22,23). The molecule has 6 nitrogen and oxygen atoms in total. The molecule has 136 valence electrons. The summed E-state index contributed by atoms with van der Waals surface area (Å²) in [5, 5.41) is 4.25. The maximum Gasteiger partial charge on any atom is 0.240 e. The molecule has 0 saturated heterocycles. The van der Waals surface area contributed by atoms with Crippen LogP contribution in [0.4, 0.5) is 11.4 Å². The fourth-order valence-electron chi connectivity index (χ4n) is 2.62. The summed E-state index contributed by atoms with van der Waals surface area (Å²) in [5.41, 5.74) is 4.15. The van der Waals surface area contributed by atoms with Crippen molar-refractivity contribution >= 4 is 32.4 Å². The van der Waals surface area contributed by atoms with Crippen LogP contribution < -0.4 is 10.0 Å². The third-order valence-corrected chi connectivity index (χ3v) is 5.40. The summed E-state index contributed by atoms with van der Waals surface area (Å²) in [7, 11) is -3.46. The molecule has 0 aliphatic heterocycles. The number of aryl methyl sites for hydroxylation is 2. The number of hydrogen-bond donors (Lipinski definition) is 2. The second-order valence-electron chi connectivity index (χ2n) is 6.18. The fourth-order valence-corrected chi connectivity index (χ4v) is 3.75. The number of aromatic nitrogens is 2. The molecule has 0 unspecified atom stereocenters. The highest BCUT2D eigenvalue weighted by atomic mass is 32.2. The van der Waals surface area contributed by atoms with Crippen LogP contribution in [0.15, 0.2) is 47.4 Å². The molecule has 3 aromatic rings. The van der Waals surface area contributed by atoms with E-state index in [1.807, 2.05) is 39.0 Å². The van der Waals surface area contributed by atoms with Gasteiger partial charge in [-0.1, -0.05) is 6.92 Å². The maximum atomic E-state index is 12.2. The van der Waals surface area contributed by atoms with Gasteiger partial charge in [0.25, 0.3) is 0 Å². The van der Waals surface area contributed by atoms with Crippen molar-refractivity contribution in [2.24, 2.45) is 0 Å². The van der Waals surface area contributed by atoms with Gasteiger partial charge in [0.2, 0.25) is 10.0 Å². The molecule has 3 rings (SSSR count). The predicted octanol–water partition coefficient (Wildman–Crippen LogP) is 3.68. The minimum Gasteiger partial charge on any atom is -0.355 e. The molecular weight excluding hydrogens is 348 g/mol. The summed E-state index contributed by atoms with van der Waals surface area (Å²) in [5.74, 6) is 0. The molecule has 0 radical (unpaired) electrons. The molecule has 0 aliphatic rings. The van der Waals surface area contributed by atoms with Crippen LogP contribution in [0.3, 0.4) is 0 Å². The minimum atomic E-state index is -3.46. The molecule has 7 heteroatoms. The summed E-state index contributed by atoms with van der Waals surface area (Å²) in [6.07, 6.45) is 0.751. The van der Waals surface area contributed by atoms with Crippen LogP contribution in [0.25, 0.3) is 11.0 Å². The van der Waals surface area contributed by atoms with E-state index in [-0.39, 0.29) is 4.90 Å². The van der Waals surface area contributed by atoms with Gasteiger partial charge in [-0.2, -0.15) is 0 Å². The lowest BCUT2D eigenvalue weighted by atomic mass is 10.2.